The van der Waals surface area contributed by atoms with Crippen LogP contribution in [0.5, 0.6) is 0 Å². The van der Waals surface area contributed by atoms with E-state index in [0.29, 0.717) is 18.1 Å². The van der Waals surface area contributed by atoms with Crippen molar-refractivity contribution in [2.75, 3.05) is 13.2 Å². The number of aromatic nitrogens is 3. The summed E-state index contributed by atoms with van der Waals surface area (Å²) in [5.41, 5.74) is 3.06. The van der Waals surface area contributed by atoms with Gasteiger partial charge < -0.3 is 4.74 Å². The van der Waals surface area contributed by atoms with Crippen LogP contribution in [0.25, 0.3) is 5.69 Å². The minimum absolute atomic E-state index is 0.293. The standard InChI is InChI=1S/C19H20N4O/c20-12-15-5-7-17(8-6-15)23-18(11-14-3-1-2-4-14)21-19(22-23)16-9-10-24-13-16/h3,5-8,16H,1-2,4,9-11,13H2/t16-/m1/s1. The van der Waals surface area contributed by atoms with Crippen LogP contribution in [0.3, 0.4) is 0 Å². The predicted molar refractivity (Wildman–Crippen MR) is 89.9 cm³/mol. The lowest BCUT2D eigenvalue weighted by atomic mass is 10.1. The molecule has 0 bridgehead atoms. The Labute approximate surface area is 141 Å². The molecule has 0 saturated carbocycles. The molecule has 0 radical (unpaired) electrons. The van der Waals surface area contributed by atoms with E-state index >= 15 is 0 Å². The molecule has 0 unspecified atom stereocenters. The first-order valence-corrected chi connectivity index (χ1v) is 8.55. The van der Waals surface area contributed by atoms with E-state index in [9.17, 15) is 0 Å². The molecule has 5 heteroatoms. The molecule has 1 aromatic carbocycles. The van der Waals surface area contributed by atoms with Gasteiger partial charge in [0, 0.05) is 18.9 Å². The molecule has 2 aliphatic rings. The summed E-state index contributed by atoms with van der Waals surface area (Å²) in [6.07, 6.45) is 7.73. The highest BCUT2D eigenvalue weighted by molar-refractivity contribution is 5.39. The Morgan fingerprint density at radius 3 is 2.83 bits per heavy atom. The smallest absolute Gasteiger partial charge is 0.156 e. The maximum atomic E-state index is 8.98. The summed E-state index contributed by atoms with van der Waals surface area (Å²) >= 11 is 0. The third kappa shape index (κ3) is 2.98. The molecular weight excluding hydrogens is 300 g/mol. The van der Waals surface area contributed by atoms with Crippen molar-refractivity contribution in [3.05, 3.63) is 53.1 Å². The fourth-order valence-electron chi connectivity index (χ4n) is 3.37. The largest absolute Gasteiger partial charge is 0.381 e. The molecule has 122 valence electrons. The molecule has 0 amide bonds. The summed E-state index contributed by atoms with van der Waals surface area (Å²) < 4.78 is 7.43. The monoisotopic (exact) mass is 320 g/mol. The van der Waals surface area contributed by atoms with Gasteiger partial charge in [-0.2, -0.15) is 10.4 Å². The molecule has 1 atom stereocenters. The lowest BCUT2D eigenvalue weighted by molar-refractivity contribution is 0.193. The van der Waals surface area contributed by atoms with Crippen LogP contribution >= 0.6 is 0 Å². The predicted octanol–water partition coefficient (Wildman–Crippen LogP) is 3.30. The molecule has 0 spiro atoms. The quantitative estimate of drug-likeness (QED) is 0.811. The zero-order chi connectivity index (χ0) is 16.4. The number of nitrogens with zero attached hydrogens (tertiary/aromatic N) is 4. The van der Waals surface area contributed by atoms with Gasteiger partial charge in [0.15, 0.2) is 5.82 Å². The Morgan fingerprint density at radius 1 is 1.29 bits per heavy atom. The van der Waals surface area contributed by atoms with Gasteiger partial charge in [-0.25, -0.2) is 9.67 Å². The van der Waals surface area contributed by atoms with Gasteiger partial charge >= 0.3 is 0 Å². The van der Waals surface area contributed by atoms with Crippen LogP contribution in [0.1, 0.15) is 48.8 Å². The Hall–Kier alpha value is -2.45. The molecular formula is C19H20N4O. The molecule has 2 aromatic rings. The molecule has 1 aliphatic heterocycles. The molecule has 1 aliphatic carbocycles. The first kappa shape index (κ1) is 15.1. The van der Waals surface area contributed by atoms with E-state index < -0.39 is 0 Å². The van der Waals surface area contributed by atoms with E-state index in [1.807, 2.05) is 28.9 Å². The number of benzene rings is 1. The van der Waals surface area contributed by atoms with Crippen LogP contribution in [-0.2, 0) is 11.2 Å². The Balaban J connectivity index is 1.70. The second kappa shape index (κ2) is 6.58. The fourth-order valence-corrected chi connectivity index (χ4v) is 3.37. The topological polar surface area (TPSA) is 63.7 Å². The summed E-state index contributed by atoms with van der Waals surface area (Å²) in [5.74, 6) is 2.15. The van der Waals surface area contributed by atoms with E-state index in [4.69, 9.17) is 20.1 Å². The van der Waals surface area contributed by atoms with Gasteiger partial charge in [0.05, 0.1) is 23.9 Å². The number of hydrogen-bond donors (Lipinski definition) is 0. The van der Waals surface area contributed by atoms with Gasteiger partial charge in [0.2, 0.25) is 0 Å². The molecule has 5 nitrogen and oxygen atoms in total. The summed E-state index contributed by atoms with van der Waals surface area (Å²) in [6, 6.07) is 9.69. The van der Waals surface area contributed by atoms with Crippen molar-refractivity contribution < 1.29 is 4.74 Å². The van der Waals surface area contributed by atoms with Crippen LogP contribution in [-0.4, -0.2) is 28.0 Å². The fraction of sp³-hybridized carbons (Fsp3) is 0.421. The highest BCUT2D eigenvalue weighted by Gasteiger charge is 2.24. The van der Waals surface area contributed by atoms with Crippen LogP contribution in [0, 0.1) is 11.3 Å². The van der Waals surface area contributed by atoms with Gasteiger partial charge in [-0.05, 0) is 49.9 Å². The molecule has 24 heavy (non-hydrogen) atoms. The highest BCUT2D eigenvalue weighted by atomic mass is 16.5. The van der Waals surface area contributed by atoms with Crippen molar-refractivity contribution in [2.24, 2.45) is 0 Å². The van der Waals surface area contributed by atoms with E-state index in [0.717, 1.165) is 43.2 Å². The van der Waals surface area contributed by atoms with Crippen molar-refractivity contribution >= 4 is 0 Å². The zero-order valence-corrected chi connectivity index (χ0v) is 13.6. The summed E-state index contributed by atoms with van der Waals surface area (Å²) in [4.78, 5) is 4.84. The second-order valence-corrected chi connectivity index (χ2v) is 6.45. The summed E-state index contributed by atoms with van der Waals surface area (Å²) in [6.45, 7) is 1.50. The Kier molecular flexibility index (Phi) is 4.14. The summed E-state index contributed by atoms with van der Waals surface area (Å²) in [7, 11) is 0. The molecule has 1 aromatic heterocycles. The van der Waals surface area contributed by atoms with Crippen LogP contribution in [0.4, 0.5) is 0 Å². The molecule has 2 heterocycles. The van der Waals surface area contributed by atoms with Crippen LogP contribution in [0.15, 0.2) is 35.9 Å². The molecule has 4 rings (SSSR count). The van der Waals surface area contributed by atoms with Crippen molar-refractivity contribution in [3.63, 3.8) is 0 Å². The van der Waals surface area contributed by atoms with Gasteiger partial charge in [-0.15, -0.1) is 0 Å². The van der Waals surface area contributed by atoms with Gasteiger partial charge in [0.25, 0.3) is 0 Å². The zero-order valence-electron chi connectivity index (χ0n) is 13.6. The van der Waals surface area contributed by atoms with E-state index in [1.54, 1.807) is 0 Å². The molecule has 1 fully saturated rings. The lowest BCUT2D eigenvalue weighted by Crippen LogP contribution is -2.04. The van der Waals surface area contributed by atoms with Gasteiger partial charge in [-0.1, -0.05) is 11.6 Å². The van der Waals surface area contributed by atoms with Crippen LogP contribution in [0.2, 0.25) is 0 Å². The third-order valence-electron chi connectivity index (χ3n) is 4.75. The minimum atomic E-state index is 0.293. The first-order valence-electron chi connectivity index (χ1n) is 8.55. The number of ether oxygens (including phenoxy) is 1. The number of rotatable bonds is 4. The maximum Gasteiger partial charge on any atom is 0.156 e. The van der Waals surface area contributed by atoms with Gasteiger partial charge in [0.1, 0.15) is 5.82 Å². The van der Waals surface area contributed by atoms with Gasteiger partial charge in [-0.3, -0.25) is 0 Å². The van der Waals surface area contributed by atoms with E-state index in [2.05, 4.69) is 12.1 Å². The Morgan fingerprint density at radius 2 is 2.17 bits per heavy atom. The van der Waals surface area contributed by atoms with E-state index in [-0.39, 0.29) is 0 Å². The second-order valence-electron chi connectivity index (χ2n) is 6.45. The average Bonchev–Trinajstić information content (AvgIpc) is 3.37. The number of hydrogen-bond acceptors (Lipinski definition) is 4. The normalized spacial score (nSPS) is 20.1. The number of allylic oxidation sites excluding steroid dienone is 2. The van der Waals surface area contributed by atoms with Crippen molar-refractivity contribution in [1.82, 2.24) is 14.8 Å². The Bertz CT molecular complexity index is 792. The highest BCUT2D eigenvalue weighted by Crippen LogP contribution is 2.26. The summed E-state index contributed by atoms with van der Waals surface area (Å²) in [5, 5.41) is 13.8. The van der Waals surface area contributed by atoms with E-state index in [1.165, 1.54) is 18.4 Å². The maximum absolute atomic E-state index is 8.98. The van der Waals surface area contributed by atoms with Crippen LogP contribution < -0.4 is 0 Å². The third-order valence-corrected chi connectivity index (χ3v) is 4.75. The minimum Gasteiger partial charge on any atom is -0.381 e. The molecule has 0 N–H and O–H groups in total. The van der Waals surface area contributed by atoms with Crippen molar-refractivity contribution in [3.8, 4) is 11.8 Å². The molecule has 1 saturated heterocycles. The SMILES string of the molecule is N#Cc1ccc(-n2nc([C@@H]3CCOC3)nc2CC2=CCCC2)cc1. The van der Waals surface area contributed by atoms with Crippen molar-refractivity contribution in [1.29, 1.82) is 5.26 Å². The van der Waals surface area contributed by atoms with Crippen molar-refractivity contribution in [2.45, 2.75) is 38.0 Å². The lowest BCUT2D eigenvalue weighted by Gasteiger charge is -2.06. The first-order chi connectivity index (χ1) is 11.8. The average molecular weight is 320 g/mol. The number of nitriles is 1.